The van der Waals surface area contributed by atoms with Crippen LogP contribution in [0.25, 0.3) is 16.8 Å². The number of amides is 2. The first-order valence-corrected chi connectivity index (χ1v) is 11.4. The number of nitrogens with zero attached hydrogens (tertiary/aromatic N) is 5. The molecular weight excluding hydrogens is 477 g/mol. The van der Waals surface area contributed by atoms with Gasteiger partial charge in [0.25, 0.3) is 5.91 Å². The van der Waals surface area contributed by atoms with Crippen molar-refractivity contribution < 1.29 is 27.9 Å². The molecule has 9 nitrogen and oxygen atoms in total. The number of aliphatic hydroxyl groups is 1. The molecule has 1 saturated heterocycles. The molecule has 1 aliphatic heterocycles. The van der Waals surface area contributed by atoms with Crippen LogP contribution in [0.5, 0.6) is 0 Å². The molecule has 3 N–H and O–H groups in total. The van der Waals surface area contributed by atoms with Gasteiger partial charge in [-0.3, -0.25) is 9.59 Å². The molecule has 12 heteroatoms. The zero-order chi connectivity index (χ0) is 26.4. The number of anilines is 2. The molecule has 0 unspecified atom stereocenters. The quantitative estimate of drug-likeness (QED) is 0.552. The molecule has 3 heterocycles. The van der Waals surface area contributed by atoms with Gasteiger partial charge in [-0.1, -0.05) is 12.1 Å². The van der Waals surface area contributed by atoms with E-state index in [1.807, 2.05) is 0 Å². The fraction of sp³-hybridized carbons (Fsp3) is 0.417. The summed E-state index contributed by atoms with van der Waals surface area (Å²) in [6.07, 6.45) is -2.72. The van der Waals surface area contributed by atoms with E-state index in [4.69, 9.17) is 5.73 Å². The number of carbonyl (C=O) groups is 2. The van der Waals surface area contributed by atoms with E-state index in [0.29, 0.717) is 30.6 Å². The predicted octanol–water partition coefficient (Wildman–Crippen LogP) is 2.90. The Labute approximate surface area is 205 Å². The zero-order valence-electron chi connectivity index (χ0n) is 20.1. The maximum absolute atomic E-state index is 13.8. The van der Waals surface area contributed by atoms with Gasteiger partial charge in [0.05, 0.1) is 11.3 Å². The molecular formula is C24H27F3N6O3. The van der Waals surface area contributed by atoms with Crippen LogP contribution in [-0.2, 0) is 22.2 Å². The first-order valence-electron chi connectivity index (χ1n) is 11.4. The third-order valence-electron chi connectivity index (χ3n) is 6.53. The van der Waals surface area contributed by atoms with Gasteiger partial charge in [0.1, 0.15) is 17.4 Å². The maximum Gasteiger partial charge on any atom is 0.418 e. The van der Waals surface area contributed by atoms with Crippen LogP contribution in [-0.4, -0.2) is 61.7 Å². The molecule has 0 atom stereocenters. The summed E-state index contributed by atoms with van der Waals surface area (Å²) in [6, 6.07) is 5.99. The molecule has 0 aliphatic carbocycles. The highest BCUT2D eigenvalue weighted by molar-refractivity contribution is 6.03. The minimum atomic E-state index is -4.69. The van der Waals surface area contributed by atoms with E-state index in [0.717, 1.165) is 22.5 Å². The summed E-state index contributed by atoms with van der Waals surface area (Å²) in [5.41, 5.74) is 5.13. The number of halogens is 3. The van der Waals surface area contributed by atoms with Crippen LogP contribution >= 0.6 is 0 Å². The van der Waals surface area contributed by atoms with Crippen LogP contribution in [0.3, 0.4) is 0 Å². The molecule has 192 valence electrons. The molecule has 2 amide bonds. The molecule has 0 spiro atoms. The van der Waals surface area contributed by atoms with E-state index >= 15 is 0 Å². The Hall–Kier alpha value is -3.67. The minimum Gasteiger partial charge on any atom is -0.396 e. The third kappa shape index (κ3) is 4.25. The molecule has 0 bridgehead atoms. The van der Waals surface area contributed by atoms with E-state index in [-0.39, 0.29) is 42.0 Å². The van der Waals surface area contributed by atoms with Gasteiger partial charge in [-0.15, -0.1) is 0 Å². The average molecular weight is 505 g/mol. The molecule has 36 heavy (non-hydrogen) atoms. The maximum atomic E-state index is 13.8. The van der Waals surface area contributed by atoms with Crippen LogP contribution in [0.1, 0.15) is 38.3 Å². The summed E-state index contributed by atoms with van der Waals surface area (Å²) in [5.74, 6) is -0.839. The molecule has 1 aliphatic rings. The fourth-order valence-electron chi connectivity index (χ4n) is 4.75. The number of benzene rings is 1. The first-order chi connectivity index (χ1) is 16.9. The lowest BCUT2D eigenvalue weighted by atomic mass is 9.94. The summed E-state index contributed by atoms with van der Waals surface area (Å²) >= 11 is 0. The van der Waals surface area contributed by atoms with Crippen LogP contribution in [0.2, 0.25) is 0 Å². The van der Waals surface area contributed by atoms with E-state index in [2.05, 4.69) is 10.1 Å². The Bertz CT molecular complexity index is 1330. The number of aromatic nitrogens is 3. The Morgan fingerprint density at radius 1 is 1.22 bits per heavy atom. The van der Waals surface area contributed by atoms with Gasteiger partial charge in [0, 0.05) is 37.9 Å². The number of aliphatic hydroxyl groups excluding tert-OH is 1. The summed E-state index contributed by atoms with van der Waals surface area (Å²) < 4.78 is 42.5. The third-order valence-corrected chi connectivity index (χ3v) is 6.53. The van der Waals surface area contributed by atoms with Gasteiger partial charge < -0.3 is 20.6 Å². The van der Waals surface area contributed by atoms with Gasteiger partial charge in [0.15, 0.2) is 5.82 Å². The number of nitrogens with two attached hydrogens (primary N) is 1. The van der Waals surface area contributed by atoms with Crippen molar-refractivity contribution in [3.63, 3.8) is 0 Å². The van der Waals surface area contributed by atoms with Gasteiger partial charge >= 0.3 is 6.18 Å². The monoisotopic (exact) mass is 504 g/mol. The normalized spacial score (nSPS) is 16.1. The number of hydrogen-bond donors (Lipinski definition) is 2. The Balaban J connectivity index is 1.88. The highest BCUT2D eigenvalue weighted by atomic mass is 19.4. The standard InChI is InChI=1S/C24H27F3N6O3/c1-14(35)32-9-8-31(22(36)23(32,2)3)18-11-16(7-6-15(18)5-4-10-34)19-12-17(24(25,26)27)20-21(28)29-13-30-33(19)20/h6-7,11-13,34H,4-5,8-10H2,1-3H3,(H2,28,29,30). The van der Waals surface area contributed by atoms with E-state index < -0.39 is 17.3 Å². The number of rotatable bonds is 5. The molecule has 1 fully saturated rings. The second kappa shape index (κ2) is 9.08. The fourth-order valence-corrected chi connectivity index (χ4v) is 4.75. The van der Waals surface area contributed by atoms with Gasteiger partial charge in [-0.25, -0.2) is 9.50 Å². The smallest absolute Gasteiger partial charge is 0.396 e. The van der Waals surface area contributed by atoms with E-state index in [1.165, 1.54) is 11.8 Å². The van der Waals surface area contributed by atoms with Gasteiger partial charge in [0.2, 0.25) is 5.91 Å². The summed E-state index contributed by atoms with van der Waals surface area (Å²) in [7, 11) is 0. The lowest BCUT2D eigenvalue weighted by Gasteiger charge is -2.46. The highest BCUT2D eigenvalue weighted by Crippen LogP contribution is 2.40. The molecule has 0 radical (unpaired) electrons. The number of nitrogen functional groups attached to an aromatic ring is 1. The topological polar surface area (TPSA) is 117 Å². The van der Waals surface area contributed by atoms with Crippen LogP contribution in [0.15, 0.2) is 30.6 Å². The average Bonchev–Trinajstić information content (AvgIpc) is 3.21. The van der Waals surface area contributed by atoms with Crippen molar-refractivity contribution >= 4 is 28.8 Å². The number of aryl methyl sites for hydroxylation is 1. The summed E-state index contributed by atoms with van der Waals surface area (Å²) in [6.45, 7) is 5.18. The number of hydrogen-bond acceptors (Lipinski definition) is 6. The SMILES string of the molecule is CC(=O)N1CCN(c2cc(-c3cc(C(F)(F)F)c4c(N)ncnn34)ccc2CCCO)C(=O)C1(C)C. The van der Waals surface area contributed by atoms with Crippen LogP contribution < -0.4 is 10.6 Å². The zero-order valence-corrected chi connectivity index (χ0v) is 20.1. The molecule has 1 aromatic carbocycles. The Morgan fingerprint density at radius 3 is 2.58 bits per heavy atom. The number of carbonyl (C=O) groups excluding carboxylic acids is 2. The molecule has 0 saturated carbocycles. The second-order valence-electron chi connectivity index (χ2n) is 9.20. The lowest BCUT2D eigenvalue weighted by molar-refractivity contribution is -0.145. The first kappa shape index (κ1) is 25.4. The highest BCUT2D eigenvalue weighted by Gasteiger charge is 2.44. The van der Waals surface area contributed by atoms with E-state index in [9.17, 15) is 27.9 Å². The van der Waals surface area contributed by atoms with Crippen molar-refractivity contribution in [1.29, 1.82) is 0 Å². The minimum absolute atomic E-state index is 0.0623. The second-order valence-corrected chi connectivity index (χ2v) is 9.20. The molecule has 4 rings (SSSR count). The Kier molecular flexibility index (Phi) is 6.41. The number of piperazine rings is 1. The predicted molar refractivity (Wildman–Crippen MR) is 127 cm³/mol. The number of alkyl halides is 3. The van der Waals surface area contributed by atoms with Crippen molar-refractivity contribution in [2.45, 2.75) is 45.3 Å². The van der Waals surface area contributed by atoms with Crippen LogP contribution in [0.4, 0.5) is 24.7 Å². The number of fused-ring (bicyclic) bond motifs is 1. The van der Waals surface area contributed by atoms with Crippen LogP contribution in [0, 0.1) is 0 Å². The van der Waals surface area contributed by atoms with Crippen molar-refractivity contribution in [3.8, 4) is 11.3 Å². The lowest BCUT2D eigenvalue weighted by Crippen LogP contribution is -2.64. The van der Waals surface area contributed by atoms with Gasteiger partial charge in [-0.05, 0) is 44.4 Å². The van der Waals surface area contributed by atoms with Crippen molar-refractivity contribution in [3.05, 3.63) is 41.7 Å². The van der Waals surface area contributed by atoms with E-state index in [1.54, 1.807) is 36.9 Å². The van der Waals surface area contributed by atoms with Crippen molar-refractivity contribution in [2.24, 2.45) is 0 Å². The van der Waals surface area contributed by atoms with Gasteiger partial charge in [-0.2, -0.15) is 18.3 Å². The largest absolute Gasteiger partial charge is 0.418 e. The van der Waals surface area contributed by atoms with Crippen molar-refractivity contribution in [2.75, 3.05) is 30.3 Å². The summed E-state index contributed by atoms with van der Waals surface area (Å²) in [5, 5.41) is 13.4. The molecule has 2 aromatic heterocycles. The summed E-state index contributed by atoms with van der Waals surface area (Å²) in [4.78, 5) is 32.4. The van der Waals surface area contributed by atoms with Crippen molar-refractivity contribution in [1.82, 2.24) is 19.5 Å². The molecule has 3 aromatic rings. The Morgan fingerprint density at radius 2 is 1.94 bits per heavy atom.